The molecule has 0 amide bonds. The molecule has 1 aromatic heterocycles. The standard InChI is InChI=1S/C12H10BrFOS/c1-12(15,9-6-16-7-10(9)13)8-4-2-3-5-11(8)14/h2-7,15H,1H3. The first-order chi connectivity index (χ1) is 7.53. The molecule has 0 fully saturated rings. The Hall–Kier alpha value is -0.710. The Morgan fingerprint density at radius 1 is 1.25 bits per heavy atom. The molecule has 1 atom stereocenters. The predicted octanol–water partition coefficient (Wildman–Crippen LogP) is 3.91. The van der Waals surface area contributed by atoms with Crippen LogP contribution in [0.5, 0.6) is 0 Å². The number of benzene rings is 1. The minimum atomic E-state index is -1.32. The third-order valence-corrected chi connectivity index (χ3v) is 4.24. The topological polar surface area (TPSA) is 20.2 Å². The number of thiophene rings is 1. The van der Waals surface area contributed by atoms with Gasteiger partial charge in [0.15, 0.2) is 0 Å². The third-order valence-electron chi connectivity index (χ3n) is 2.54. The van der Waals surface area contributed by atoms with Crippen molar-refractivity contribution in [2.75, 3.05) is 0 Å². The van der Waals surface area contributed by atoms with E-state index in [2.05, 4.69) is 15.9 Å². The van der Waals surface area contributed by atoms with Crippen LogP contribution >= 0.6 is 27.3 Å². The van der Waals surface area contributed by atoms with E-state index in [4.69, 9.17) is 0 Å². The lowest BCUT2D eigenvalue weighted by Crippen LogP contribution is -2.24. The maximum absolute atomic E-state index is 13.6. The zero-order valence-electron chi connectivity index (χ0n) is 8.58. The van der Waals surface area contributed by atoms with Gasteiger partial charge in [-0.05, 0) is 34.3 Å². The van der Waals surface area contributed by atoms with Crippen LogP contribution in [-0.2, 0) is 5.60 Å². The molecule has 1 aromatic carbocycles. The van der Waals surface area contributed by atoms with E-state index >= 15 is 0 Å². The van der Waals surface area contributed by atoms with Crippen molar-refractivity contribution in [3.63, 3.8) is 0 Å². The second-order valence-electron chi connectivity index (χ2n) is 3.69. The van der Waals surface area contributed by atoms with E-state index in [9.17, 15) is 9.50 Å². The van der Waals surface area contributed by atoms with Crippen molar-refractivity contribution in [2.45, 2.75) is 12.5 Å². The Kier molecular flexibility index (Phi) is 3.15. The highest BCUT2D eigenvalue weighted by Gasteiger charge is 2.30. The fourth-order valence-electron chi connectivity index (χ4n) is 1.63. The summed E-state index contributed by atoms with van der Waals surface area (Å²) in [6.07, 6.45) is 0. The second-order valence-corrected chi connectivity index (χ2v) is 5.28. The van der Waals surface area contributed by atoms with Crippen LogP contribution in [-0.4, -0.2) is 5.11 Å². The summed E-state index contributed by atoms with van der Waals surface area (Å²) in [4.78, 5) is 0. The van der Waals surface area contributed by atoms with Crippen molar-refractivity contribution < 1.29 is 9.50 Å². The zero-order chi connectivity index (χ0) is 11.8. The highest BCUT2D eigenvalue weighted by atomic mass is 79.9. The minimum absolute atomic E-state index is 0.286. The molecule has 1 unspecified atom stereocenters. The predicted molar refractivity (Wildman–Crippen MR) is 67.1 cm³/mol. The van der Waals surface area contributed by atoms with Crippen LogP contribution in [0.4, 0.5) is 4.39 Å². The van der Waals surface area contributed by atoms with E-state index in [0.29, 0.717) is 5.56 Å². The molecule has 16 heavy (non-hydrogen) atoms. The second kappa shape index (κ2) is 4.28. The monoisotopic (exact) mass is 300 g/mol. The molecule has 1 heterocycles. The SMILES string of the molecule is CC(O)(c1ccccc1F)c1cscc1Br. The summed E-state index contributed by atoms with van der Waals surface area (Å²) in [6.45, 7) is 1.60. The largest absolute Gasteiger partial charge is 0.381 e. The summed E-state index contributed by atoms with van der Waals surface area (Å²) < 4.78 is 14.4. The molecule has 0 aliphatic rings. The molecule has 0 aliphatic carbocycles. The zero-order valence-corrected chi connectivity index (χ0v) is 11.0. The molecular formula is C12H10BrFOS. The van der Waals surface area contributed by atoms with E-state index < -0.39 is 11.4 Å². The van der Waals surface area contributed by atoms with E-state index in [1.165, 1.54) is 17.4 Å². The molecule has 4 heteroatoms. The van der Waals surface area contributed by atoms with E-state index in [1.54, 1.807) is 25.1 Å². The van der Waals surface area contributed by atoms with Crippen molar-refractivity contribution in [1.29, 1.82) is 0 Å². The van der Waals surface area contributed by atoms with Crippen molar-refractivity contribution in [3.8, 4) is 0 Å². The van der Waals surface area contributed by atoms with Gasteiger partial charge < -0.3 is 5.11 Å². The number of rotatable bonds is 2. The van der Waals surface area contributed by atoms with Gasteiger partial charge in [-0.2, -0.15) is 11.3 Å². The first-order valence-electron chi connectivity index (χ1n) is 4.73. The Bertz CT molecular complexity index is 507. The molecular weight excluding hydrogens is 291 g/mol. The van der Waals surface area contributed by atoms with Gasteiger partial charge in [0, 0.05) is 21.0 Å². The molecule has 2 aromatic rings. The Morgan fingerprint density at radius 2 is 1.94 bits per heavy atom. The molecule has 0 saturated carbocycles. The summed E-state index contributed by atoms with van der Waals surface area (Å²) in [6, 6.07) is 6.27. The fraction of sp³-hybridized carbons (Fsp3) is 0.167. The third kappa shape index (κ3) is 1.93. The van der Waals surface area contributed by atoms with Gasteiger partial charge >= 0.3 is 0 Å². The molecule has 1 N–H and O–H groups in total. The van der Waals surface area contributed by atoms with Crippen molar-refractivity contribution >= 4 is 27.3 Å². The van der Waals surface area contributed by atoms with Crippen molar-refractivity contribution in [3.05, 3.63) is 56.4 Å². The number of hydrogen-bond donors (Lipinski definition) is 1. The van der Waals surface area contributed by atoms with Gasteiger partial charge in [0.05, 0.1) is 0 Å². The average Bonchev–Trinajstić information content (AvgIpc) is 2.65. The van der Waals surface area contributed by atoms with Gasteiger partial charge in [-0.1, -0.05) is 18.2 Å². The van der Waals surface area contributed by atoms with Crippen LogP contribution in [0.3, 0.4) is 0 Å². The molecule has 0 radical (unpaired) electrons. The number of halogens is 2. The highest BCUT2D eigenvalue weighted by molar-refractivity contribution is 9.10. The van der Waals surface area contributed by atoms with Gasteiger partial charge in [-0.25, -0.2) is 4.39 Å². The molecule has 0 saturated heterocycles. The van der Waals surface area contributed by atoms with Gasteiger partial charge in [0.2, 0.25) is 0 Å². The van der Waals surface area contributed by atoms with Crippen molar-refractivity contribution in [1.82, 2.24) is 0 Å². The molecule has 84 valence electrons. The van der Waals surface area contributed by atoms with E-state index in [1.807, 2.05) is 10.8 Å². The lowest BCUT2D eigenvalue weighted by atomic mass is 9.90. The molecule has 2 rings (SSSR count). The quantitative estimate of drug-likeness (QED) is 0.892. The van der Waals surface area contributed by atoms with Crippen molar-refractivity contribution in [2.24, 2.45) is 0 Å². The first kappa shape index (κ1) is 11.8. The van der Waals surface area contributed by atoms with Gasteiger partial charge in [0.25, 0.3) is 0 Å². The lowest BCUT2D eigenvalue weighted by molar-refractivity contribution is 0.0977. The number of aliphatic hydroxyl groups is 1. The van der Waals surface area contributed by atoms with Gasteiger partial charge in [0.1, 0.15) is 11.4 Å². The van der Waals surface area contributed by atoms with Crippen LogP contribution in [0.25, 0.3) is 0 Å². The molecule has 0 spiro atoms. The first-order valence-corrected chi connectivity index (χ1v) is 6.46. The van der Waals surface area contributed by atoms with Crippen LogP contribution in [0, 0.1) is 5.82 Å². The smallest absolute Gasteiger partial charge is 0.129 e. The maximum Gasteiger partial charge on any atom is 0.129 e. The lowest BCUT2D eigenvalue weighted by Gasteiger charge is -2.24. The van der Waals surface area contributed by atoms with Gasteiger partial charge in [-0.15, -0.1) is 0 Å². The van der Waals surface area contributed by atoms with Crippen LogP contribution in [0.1, 0.15) is 18.1 Å². The summed E-state index contributed by atoms with van der Waals surface area (Å²) in [5.41, 5.74) is -0.346. The Balaban J connectivity index is 2.55. The fourth-order valence-corrected chi connectivity index (χ4v) is 3.41. The highest BCUT2D eigenvalue weighted by Crippen LogP contribution is 2.37. The van der Waals surface area contributed by atoms with Crippen LogP contribution in [0.15, 0.2) is 39.5 Å². The molecule has 1 nitrogen and oxygen atoms in total. The van der Waals surface area contributed by atoms with E-state index in [-0.39, 0.29) is 5.56 Å². The number of hydrogen-bond acceptors (Lipinski definition) is 2. The Morgan fingerprint density at radius 3 is 2.50 bits per heavy atom. The average molecular weight is 301 g/mol. The molecule has 0 bridgehead atoms. The summed E-state index contributed by atoms with van der Waals surface area (Å²) in [7, 11) is 0. The summed E-state index contributed by atoms with van der Waals surface area (Å²) >= 11 is 4.82. The minimum Gasteiger partial charge on any atom is -0.381 e. The summed E-state index contributed by atoms with van der Waals surface area (Å²) in [5.74, 6) is -0.398. The normalized spacial score (nSPS) is 14.8. The van der Waals surface area contributed by atoms with Crippen LogP contribution in [0.2, 0.25) is 0 Å². The Labute approximate surface area is 106 Å². The van der Waals surface area contributed by atoms with E-state index in [0.717, 1.165) is 4.47 Å². The maximum atomic E-state index is 13.6. The molecule has 0 aliphatic heterocycles. The summed E-state index contributed by atoms with van der Waals surface area (Å²) in [5, 5.41) is 14.1. The van der Waals surface area contributed by atoms with Gasteiger partial charge in [-0.3, -0.25) is 0 Å². The van der Waals surface area contributed by atoms with Crippen LogP contribution < -0.4 is 0 Å².